The van der Waals surface area contributed by atoms with Gasteiger partial charge in [0, 0.05) is 11.3 Å². The van der Waals surface area contributed by atoms with Crippen LogP contribution in [0.25, 0.3) is 0 Å². The summed E-state index contributed by atoms with van der Waals surface area (Å²) >= 11 is 1.20. The zero-order valence-corrected chi connectivity index (χ0v) is 17.7. The van der Waals surface area contributed by atoms with E-state index in [4.69, 9.17) is 0 Å². The Labute approximate surface area is 190 Å². The van der Waals surface area contributed by atoms with Crippen LogP contribution < -0.4 is 5.32 Å². The SMILES string of the molecule is O=C(CN1C(=O)N(Cc2ccccc2F)C(=O)C2SC=CC21)Nc1ccc(C(F)(F)F)cc1. The Hall–Kier alpha value is -3.34. The fourth-order valence-corrected chi connectivity index (χ4v) is 4.67. The van der Waals surface area contributed by atoms with Gasteiger partial charge in [-0.05, 0) is 35.7 Å². The monoisotopic (exact) mass is 479 g/mol. The number of anilines is 1. The number of halogens is 4. The lowest BCUT2D eigenvalue weighted by molar-refractivity contribution is -0.137. The number of rotatable bonds is 5. The molecule has 0 radical (unpaired) electrons. The predicted molar refractivity (Wildman–Crippen MR) is 113 cm³/mol. The van der Waals surface area contributed by atoms with Crippen LogP contribution in [0.4, 0.5) is 28.0 Å². The summed E-state index contributed by atoms with van der Waals surface area (Å²) in [6.45, 7) is -0.724. The maximum Gasteiger partial charge on any atom is 0.416 e. The van der Waals surface area contributed by atoms with Crippen molar-refractivity contribution in [1.82, 2.24) is 9.80 Å². The van der Waals surface area contributed by atoms with Crippen molar-refractivity contribution in [2.24, 2.45) is 0 Å². The molecule has 2 unspecified atom stereocenters. The lowest BCUT2D eigenvalue weighted by atomic mass is 10.1. The van der Waals surface area contributed by atoms with Crippen molar-refractivity contribution in [2.45, 2.75) is 24.0 Å². The minimum Gasteiger partial charge on any atom is -0.325 e. The van der Waals surface area contributed by atoms with Crippen LogP contribution in [0.2, 0.25) is 0 Å². The molecular formula is C22H17F4N3O3S. The molecule has 6 nitrogen and oxygen atoms in total. The number of nitrogens with zero attached hydrogens (tertiary/aromatic N) is 2. The fourth-order valence-electron chi connectivity index (χ4n) is 3.61. The Balaban J connectivity index is 1.50. The number of hydrogen-bond donors (Lipinski definition) is 1. The highest BCUT2D eigenvalue weighted by Crippen LogP contribution is 2.35. The number of carbonyl (C=O) groups is 3. The second-order valence-corrected chi connectivity index (χ2v) is 8.48. The Kier molecular flexibility index (Phi) is 6.15. The van der Waals surface area contributed by atoms with Crippen molar-refractivity contribution in [3.05, 3.63) is 77.0 Å². The van der Waals surface area contributed by atoms with Gasteiger partial charge in [-0.3, -0.25) is 14.5 Å². The van der Waals surface area contributed by atoms with Crippen LogP contribution in [0.15, 0.2) is 60.0 Å². The average molecular weight is 479 g/mol. The number of hydrogen-bond acceptors (Lipinski definition) is 4. The molecule has 2 aliphatic rings. The largest absolute Gasteiger partial charge is 0.416 e. The smallest absolute Gasteiger partial charge is 0.325 e. The summed E-state index contributed by atoms with van der Waals surface area (Å²) in [7, 11) is 0. The van der Waals surface area contributed by atoms with E-state index >= 15 is 0 Å². The number of nitrogens with one attached hydrogen (secondary N) is 1. The van der Waals surface area contributed by atoms with E-state index in [0.717, 1.165) is 29.2 Å². The molecule has 0 aromatic heterocycles. The third-order valence-electron chi connectivity index (χ3n) is 5.25. The molecule has 0 saturated carbocycles. The van der Waals surface area contributed by atoms with Crippen LogP contribution in [-0.2, 0) is 22.3 Å². The first-order valence-corrected chi connectivity index (χ1v) is 10.7. The summed E-state index contributed by atoms with van der Waals surface area (Å²) in [5.41, 5.74) is -0.572. The van der Waals surface area contributed by atoms with Gasteiger partial charge in [-0.25, -0.2) is 9.18 Å². The third-order valence-corrected chi connectivity index (χ3v) is 6.34. The molecule has 4 rings (SSSR count). The van der Waals surface area contributed by atoms with Gasteiger partial charge in [-0.1, -0.05) is 24.3 Å². The lowest BCUT2D eigenvalue weighted by Gasteiger charge is -2.40. The van der Waals surface area contributed by atoms with E-state index in [2.05, 4.69) is 5.32 Å². The van der Waals surface area contributed by atoms with E-state index in [-0.39, 0.29) is 17.8 Å². The predicted octanol–water partition coefficient (Wildman–Crippen LogP) is 4.25. The minimum atomic E-state index is -4.50. The van der Waals surface area contributed by atoms with Crippen molar-refractivity contribution in [3.63, 3.8) is 0 Å². The number of urea groups is 1. The van der Waals surface area contributed by atoms with Crippen molar-refractivity contribution < 1.29 is 31.9 Å². The van der Waals surface area contributed by atoms with E-state index in [1.807, 2.05) is 0 Å². The van der Waals surface area contributed by atoms with Crippen LogP contribution >= 0.6 is 11.8 Å². The molecule has 1 fully saturated rings. The maximum atomic E-state index is 14.1. The second kappa shape index (κ2) is 8.89. The molecule has 2 aromatic carbocycles. The van der Waals surface area contributed by atoms with Gasteiger partial charge in [0.2, 0.25) is 11.8 Å². The normalized spacial score (nSPS) is 20.2. The first kappa shape index (κ1) is 22.8. The molecule has 2 aliphatic heterocycles. The fraction of sp³-hybridized carbons (Fsp3) is 0.227. The van der Waals surface area contributed by atoms with Gasteiger partial charge in [0.15, 0.2) is 0 Å². The van der Waals surface area contributed by atoms with E-state index in [1.54, 1.807) is 17.6 Å². The molecule has 1 saturated heterocycles. The van der Waals surface area contributed by atoms with Gasteiger partial charge < -0.3 is 10.2 Å². The van der Waals surface area contributed by atoms with Crippen LogP contribution in [0.5, 0.6) is 0 Å². The molecule has 172 valence electrons. The van der Waals surface area contributed by atoms with Gasteiger partial charge in [0.1, 0.15) is 17.6 Å². The van der Waals surface area contributed by atoms with Crippen LogP contribution in [-0.4, -0.2) is 45.5 Å². The summed E-state index contributed by atoms with van der Waals surface area (Å²) in [6, 6.07) is 8.24. The second-order valence-electron chi connectivity index (χ2n) is 7.43. The summed E-state index contributed by atoms with van der Waals surface area (Å²) in [5.74, 6) is -1.70. The van der Waals surface area contributed by atoms with E-state index in [0.29, 0.717) is 0 Å². The molecule has 0 aliphatic carbocycles. The average Bonchev–Trinajstić information content (AvgIpc) is 3.25. The quantitative estimate of drug-likeness (QED) is 0.652. The molecule has 2 aromatic rings. The number of alkyl halides is 3. The number of amides is 4. The molecule has 11 heteroatoms. The first-order valence-electron chi connectivity index (χ1n) is 9.80. The van der Waals surface area contributed by atoms with Crippen molar-refractivity contribution in [2.75, 3.05) is 11.9 Å². The summed E-state index contributed by atoms with van der Waals surface area (Å²) < 4.78 is 52.2. The molecule has 1 N–H and O–H groups in total. The summed E-state index contributed by atoms with van der Waals surface area (Å²) in [4.78, 5) is 40.6. The lowest BCUT2D eigenvalue weighted by Crippen LogP contribution is -2.62. The summed E-state index contributed by atoms with van der Waals surface area (Å²) in [6.07, 6.45) is -2.87. The summed E-state index contributed by atoms with van der Waals surface area (Å²) in [5, 5.41) is 3.45. The number of fused-ring (bicyclic) bond motifs is 1. The molecule has 0 spiro atoms. The van der Waals surface area contributed by atoms with E-state index in [9.17, 15) is 31.9 Å². The Morgan fingerprint density at radius 2 is 1.76 bits per heavy atom. The van der Waals surface area contributed by atoms with Crippen molar-refractivity contribution in [3.8, 4) is 0 Å². The van der Waals surface area contributed by atoms with E-state index in [1.165, 1.54) is 34.9 Å². The number of imide groups is 1. The molecule has 2 atom stereocenters. The van der Waals surface area contributed by atoms with Crippen LogP contribution in [0.1, 0.15) is 11.1 Å². The number of benzene rings is 2. The standard InChI is InChI=1S/C22H17F4N3O3S/c23-16-4-2-1-3-13(16)11-29-20(31)19-17(9-10-33-19)28(21(29)32)12-18(30)27-15-7-5-14(6-8-15)22(24,25)26/h1-10,17,19H,11-12H2,(H,27,30). The van der Waals surface area contributed by atoms with Gasteiger partial charge in [0.05, 0.1) is 18.2 Å². The third kappa shape index (κ3) is 4.72. The number of carbonyl (C=O) groups excluding carboxylic acids is 3. The number of thioether (sulfide) groups is 1. The van der Waals surface area contributed by atoms with Gasteiger partial charge in [0.25, 0.3) is 0 Å². The molecule has 0 bridgehead atoms. The first-order chi connectivity index (χ1) is 15.6. The Morgan fingerprint density at radius 3 is 2.42 bits per heavy atom. The van der Waals surface area contributed by atoms with Crippen molar-refractivity contribution in [1.29, 1.82) is 0 Å². The zero-order chi connectivity index (χ0) is 23.8. The highest BCUT2D eigenvalue weighted by Gasteiger charge is 2.47. The molecule has 33 heavy (non-hydrogen) atoms. The van der Waals surface area contributed by atoms with Crippen LogP contribution in [0, 0.1) is 5.82 Å². The topological polar surface area (TPSA) is 69.7 Å². The highest BCUT2D eigenvalue weighted by atomic mass is 32.2. The van der Waals surface area contributed by atoms with Crippen LogP contribution in [0.3, 0.4) is 0 Å². The van der Waals surface area contributed by atoms with Crippen molar-refractivity contribution >= 4 is 35.3 Å². The Bertz CT molecular complexity index is 1120. The van der Waals surface area contributed by atoms with Gasteiger partial charge in [-0.15, -0.1) is 11.8 Å². The van der Waals surface area contributed by atoms with Gasteiger partial charge >= 0.3 is 12.2 Å². The minimum absolute atomic E-state index is 0.129. The van der Waals surface area contributed by atoms with E-state index < -0.39 is 53.2 Å². The highest BCUT2D eigenvalue weighted by molar-refractivity contribution is 8.03. The maximum absolute atomic E-state index is 14.1. The Morgan fingerprint density at radius 1 is 1.06 bits per heavy atom. The van der Waals surface area contributed by atoms with Gasteiger partial charge in [-0.2, -0.15) is 13.2 Å². The molecule has 2 heterocycles. The molecular weight excluding hydrogens is 462 g/mol. The molecule has 4 amide bonds. The zero-order valence-electron chi connectivity index (χ0n) is 16.9.